The van der Waals surface area contributed by atoms with E-state index in [4.69, 9.17) is 0 Å². The van der Waals surface area contributed by atoms with Crippen molar-refractivity contribution in [3.63, 3.8) is 0 Å². The molecule has 2 aromatic carbocycles. The highest BCUT2D eigenvalue weighted by molar-refractivity contribution is 5.94. The van der Waals surface area contributed by atoms with Crippen molar-refractivity contribution in [2.45, 2.75) is 19.4 Å². The molecule has 0 saturated carbocycles. The van der Waals surface area contributed by atoms with Crippen LogP contribution in [0.2, 0.25) is 0 Å². The van der Waals surface area contributed by atoms with Crippen LogP contribution in [0, 0.1) is 11.7 Å². The summed E-state index contributed by atoms with van der Waals surface area (Å²) in [6.45, 7) is 1.60. The molecule has 1 aliphatic heterocycles. The fraction of sp³-hybridized carbons (Fsp3) is 0.333. The fourth-order valence-electron chi connectivity index (χ4n) is 3.39. The Morgan fingerprint density at radius 1 is 1.12 bits per heavy atom. The van der Waals surface area contributed by atoms with Crippen molar-refractivity contribution in [3.8, 4) is 0 Å². The minimum atomic E-state index is -0.365. The maximum atomic E-state index is 13.1. The second kappa shape index (κ2) is 8.13. The van der Waals surface area contributed by atoms with Crippen molar-refractivity contribution < 1.29 is 14.0 Å². The molecule has 136 valence electrons. The Bertz CT molecular complexity index is 761. The summed E-state index contributed by atoms with van der Waals surface area (Å²) < 4.78 is 13.1. The summed E-state index contributed by atoms with van der Waals surface area (Å²) >= 11 is 0. The number of hydrogen-bond acceptors (Lipinski definition) is 2. The molecular weight excluding hydrogens is 331 g/mol. The lowest BCUT2D eigenvalue weighted by atomic mass is 9.95. The van der Waals surface area contributed by atoms with Gasteiger partial charge in [-0.15, -0.1) is 0 Å². The summed E-state index contributed by atoms with van der Waals surface area (Å²) in [5.74, 6) is -0.642. The maximum absolute atomic E-state index is 13.1. The normalized spacial score (nSPS) is 17.0. The zero-order chi connectivity index (χ0) is 18.5. The summed E-state index contributed by atoms with van der Waals surface area (Å²) in [7, 11) is 1.80. The first-order valence-corrected chi connectivity index (χ1v) is 8.88. The van der Waals surface area contributed by atoms with Gasteiger partial charge in [0.1, 0.15) is 5.82 Å². The van der Waals surface area contributed by atoms with Crippen molar-refractivity contribution in [1.29, 1.82) is 0 Å². The number of amides is 2. The molecule has 1 saturated heterocycles. The van der Waals surface area contributed by atoms with Crippen molar-refractivity contribution in [2.75, 3.05) is 20.1 Å². The molecule has 1 heterocycles. The lowest BCUT2D eigenvalue weighted by Gasteiger charge is -2.34. The van der Waals surface area contributed by atoms with E-state index in [1.165, 1.54) is 24.3 Å². The van der Waals surface area contributed by atoms with Gasteiger partial charge in [0.05, 0.1) is 5.92 Å². The number of benzene rings is 2. The number of likely N-dealkylation sites (tertiary alicyclic amines) is 1. The number of carbonyl (C=O) groups excluding carboxylic acids is 2. The van der Waals surface area contributed by atoms with Crippen LogP contribution >= 0.6 is 0 Å². The van der Waals surface area contributed by atoms with Crippen molar-refractivity contribution >= 4 is 11.8 Å². The molecule has 0 aromatic heterocycles. The van der Waals surface area contributed by atoms with Crippen LogP contribution in [0.5, 0.6) is 0 Å². The van der Waals surface area contributed by atoms with Gasteiger partial charge in [0, 0.05) is 32.2 Å². The molecule has 26 heavy (non-hydrogen) atoms. The number of hydrogen-bond donors (Lipinski definition) is 0. The second-order valence-corrected chi connectivity index (χ2v) is 6.78. The largest absolute Gasteiger partial charge is 0.341 e. The van der Waals surface area contributed by atoms with Gasteiger partial charge in [0.15, 0.2) is 0 Å². The summed E-state index contributed by atoms with van der Waals surface area (Å²) in [4.78, 5) is 28.8. The summed E-state index contributed by atoms with van der Waals surface area (Å²) in [5.41, 5.74) is 1.54. The lowest BCUT2D eigenvalue weighted by molar-refractivity contribution is -0.136. The molecule has 0 radical (unpaired) electrons. The maximum Gasteiger partial charge on any atom is 0.253 e. The van der Waals surface area contributed by atoms with Gasteiger partial charge in [-0.2, -0.15) is 0 Å². The van der Waals surface area contributed by atoms with Crippen LogP contribution in [0.4, 0.5) is 4.39 Å². The molecule has 2 amide bonds. The van der Waals surface area contributed by atoms with Crippen molar-refractivity contribution in [3.05, 3.63) is 71.5 Å². The van der Waals surface area contributed by atoms with Crippen LogP contribution in [0.25, 0.3) is 0 Å². The van der Waals surface area contributed by atoms with E-state index in [1.807, 2.05) is 30.3 Å². The molecular formula is C21H23FN2O2. The number of rotatable bonds is 4. The van der Waals surface area contributed by atoms with Gasteiger partial charge in [0.25, 0.3) is 5.91 Å². The van der Waals surface area contributed by atoms with Gasteiger partial charge in [-0.3, -0.25) is 9.59 Å². The first-order chi connectivity index (χ1) is 12.5. The minimum Gasteiger partial charge on any atom is -0.341 e. The second-order valence-electron chi connectivity index (χ2n) is 6.78. The van der Waals surface area contributed by atoms with E-state index in [0.717, 1.165) is 18.4 Å². The summed E-state index contributed by atoms with van der Waals surface area (Å²) in [5, 5.41) is 0. The van der Waals surface area contributed by atoms with E-state index in [2.05, 4.69) is 0 Å². The molecule has 2 aromatic rings. The summed E-state index contributed by atoms with van der Waals surface area (Å²) in [6.07, 6.45) is 1.58. The minimum absolute atomic E-state index is 0.0606. The zero-order valence-electron chi connectivity index (χ0n) is 14.9. The molecule has 1 unspecified atom stereocenters. The molecule has 1 atom stereocenters. The highest BCUT2D eigenvalue weighted by Gasteiger charge is 2.30. The first kappa shape index (κ1) is 18.1. The topological polar surface area (TPSA) is 40.6 Å². The number of piperidine rings is 1. The average Bonchev–Trinajstić information content (AvgIpc) is 2.68. The molecule has 1 fully saturated rings. The molecule has 1 aliphatic rings. The third-order valence-electron chi connectivity index (χ3n) is 4.79. The molecule has 5 heteroatoms. The van der Waals surface area contributed by atoms with E-state index < -0.39 is 0 Å². The Balaban J connectivity index is 1.63. The van der Waals surface area contributed by atoms with E-state index in [1.54, 1.807) is 16.8 Å². The number of halogens is 1. The van der Waals surface area contributed by atoms with E-state index in [-0.39, 0.29) is 23.5 Å². The monoisotopic (exact) mass is 354 g/mol. The van der Waals surface area contributed by atoms with Crippen molar-refractivity contribution in [2.24, 2.45) is 5.92 Å². The van der Waals surface area contributed by atoms with Crippen LogP contribution < -0.4 is 0 Å². The zero-order valence-corrected chi connectivity index (χ0v) is 14.9. The smallest absolute Gasteiger partial charge is 0.253 e. The van der Waals surface area contributed by atoms with Gasteiger partial charge in [-0.1, -0.05) is 30.3 Å². The Kier molecular flexibility index (Phi) is 5.66. The lowest BCUT2D eigenvalue weighted by Crippen LogP contribution is -2.45. The third-order valence-corrected chi connectivity index (χ3v) is 4.79. The Morgan fingerprint density at radius 3 is 2.50 bits per heavy atom. The van der Waals surface area contributed by atoms with Gasteiger partial charge in [-0.25, -0.2) is 4.39 Å². The van der Waals surface area contributed by atoms with Crippen molar-refractivity contribution in [1.82, 2.24) is 9.80 Å². The van der Waals surface area contributed by atoms with Crippen LogP contribution in [-0.2, 0) is 11.3 Å². The molecule has 3 rings (SSSR count). The van der Waals surface area contributed by atoms with E-state index >= 15 is 0 Å². The van der Waals surface area contributed by atoms with Gasteiger partial charge < -0.3 is 9.80 Å². The number of carbonyl (C=O) groups is 2. The molecule has 0 bridgehead atoms. The van der Waals surface area contributed by atoms with E-state index in [9.17, 15) is 14.0 Å². The fourth-order valence-corrected chi connectivity index (χ4v) is 3.39. The molecule has 0 spiro atoms. The number of nitrogens with zero attached hydrogens (tertiary/aromatic N) is 2. The SMILES string of the molecule is CN(Cc1ccccc1)C(=O)C1CCCN(C(=O)c2ccc(F)cc2)C1. The van der Waals surface area contributed by atoms with Gasteiger partial charge >= 0.3 is 0 Å². The molecule has 0 aliphatic carbocycles. The quantitative estimate of drug-likeness (QED) is 0.845. The van der Waals surface area contributed by atoms with Gasteiger partial charge in [-0.05, 0) is 42.7 Å². The predicted octanol–water partition coefficient (Wildman–Crippen LogP) is 3.34. The van der Waals surface area contributed by atoms with Crippen LogP contribution in [0.15, 0.2) is 54.6 Å². The molecule has 0 N–H and O–H groups in total. The van der Waals surface area contributed by atoms with Crippen LogP contribution in [0.1, 0.15) is 28.8 Å². The van der Waals surface area contributed by atoms with Crippen LogP contribution in [-0.4, -0.2) is 41.8 Å². The highest BCUT2D eigenvalue weighted by atomic mass is 19.1. The summed E-state index contributed by atoms with van der Waals surface area (Å²) in [6, 6.07) is 15.4. The Hall–Kier alpha value is -2.69. The third kappa shape index (κ3) is 4.28. The predicted molar refractivity (Wildman–Crippen MR) is 97.9 cm³/mol. The standard InChI is InChI=1S/C21H23FN2O2/c1-23(14-16-6-3-2-4-7-16)20(25)18-8-5-13-24(15-18)21(26)17-9-11-19(22)12-10-17/h2-4,6-7,9-12,18H,5,8,13-15H2,1H3. The first-order valence-electron chi connectivity index (χ1n) is 8.88. The average molecular weight is 354 g/mol. The van der Waals surface area contributed by atoms with Gasteiger partial charge in [0.2, 0.25) is 5.91 Å². The molecule has 4 nitrogen and oxygen atoms in total. The highest BCUT2D eigenvalue weighted by Crippen LogP contribution is 2.21. The van der Waals surface area contributed by atoms with E-state index in [0.29, 0.717) is 25.2 Å². The van der Waals surface area contributed by atoms with Crippen LogP contribution in [0.3, 0.4) is 0 Å². The Labute approximate surface area is 153 Å². The Morgan fingerprint density at radius 2 is 1.81 bits per heavy atom.